The van der Waals surface area contributed by atoms with Crippen LogP contribution in [-0.4, -0.2) is 20.3 Å². The zero-order valence-corrected chi connectivity index (χ0v) is 13.1. The highest BCUT2D eigenvalue weighted by atomic mass is 35.5. The fraction of sp³-hybridized carbons (Fsp3) is 0.294. The van der Waals surface area contributed by atoms with Crippen LogP contribution in [0.15, 0.2) is 42.5 Å². The molecule has 0 spiro atoms. The van der Waals surface area contributed by atoms with Crippen LogP contribution in [0, 0.1) is 6.92 Å². The van der Waals surface area contributed by atoms with E-state index in [1.54, 1.807) is 13.2 Å². The van der Waals surface area contributed by atoms with Crippen molar-refractivity contribution in [1.82, 2.24) is 5.32 Å². The van der Waals surface area contributed by atoms with E-state index in [2.05, 4.69) is 17.4 Å². The van der Waals surface area contributed by atoms with Crippen LogP contribution in [0.4, 0.5) is 0 Å². The summed E-state index contributed by atoms with van der Waals surface area (Å²) in [7, 11) is 1.70. The Bertz CT molecular complexity index is 587. The van der Waals surface area contributed by atoms with Gasteiger partial charge in [-0.15, -0.1) is 0 Å². The van der Waals surface area contributed by atoms with Gasteiger partial charge in [-0.2, -0.15) is 0 Å². The predicted molar refractivity (Wildman–Crippen MR) is 86.3 cm³/mol. The van der Waals surface area contributed by atoms with Gasteiger partial charge in [0.2, 0.25) is 0 Å². The maximum Gasteiger partial charge on any atom is 0.130 e. The van der Waals surface area contributed by atoms with E-state index in [0.717, 1.165) is 36.8 Å². The summed E-state index contributed by atoms with van der Waals surface area (Å²) in [4.78, 5) is 0. The standard InChI is InChI=1S/C17H20ClNO2/c1-13-10-14(12-19-8-9-20-2)6-7-17(13)21-16-5-3-4-15(18)11-16/h3-7,10-11,19H,8-9,12H2,1-2H3. The minimum atomic E-state index is 0.670. The van der Waals surface area contributed by atoms with Gasteiger partial charge in [-0.3, -0.25) is 0 Å². The van der Waals surface area contributed by atoms with Crippen molar-refractivity contribution in [2.75, 3.05) is 20.3 Å². The van der Waals surface area contributed by atoms with Crippen molar-refractivity contribution < 1.29 is 9.47 Å². The van der Waals surface area contributed by atoms with E-state index in [9.17, 15) is 0 Å². The minimum absolute atomic E-state index is 0.670. The highest BCUT2D eigenvalue weighted by Crippen LogP contribution is 2.27. The molecule has 3 nitrogen and oxygen atoms in total. The number of nitrogens with one attached hydrogen (secondary N) is 1. The van der Waals surface area contributed by atoms with Crippen LogP contribution in [0.25, 0.3) is 0 Å². The molecule has 2 rings (SSSR count). The van der Waals surface area contributed by atoms with E-state index in [4.69, 9.17) is 21.1 Å². The van der Waals surface area contributed by atoms with Crippen LogP contribution in [0.3, 0.4) is 0 Å². The molecule has 0 saturated heterocycles. The van der Waals surface area contributed by atoms with Gasteiger partial charge in [0.25, 0.3) is 0 Å². The topological polar surface area (TPSA) is 30.5 Å². The Labute approximate surface area is 130 Å². The lowest BCUT2D eigenvalue weighted by Crippen LogP contribution is -2.18. The molecule has 2 aromatic carbocycles. The first-order valence-corrected chi connectivity index (χ1v) is 7.29. The van der Waals surface area contributed by atoms with Crippen LogP contribution in [0.5, 0.6) is 11.5 Å². The molecule has 0 amide bonds. The summed E-state index contributed by atoms with van der Waals surface area (Å²) < 4.78 is 10.9. The maximum absolute atomic E-state index is 5.96. The van der Waals surface area contributed by atoms with Crippen molar-refractivity contribution >= 4 is 11.6 Å². The Balaban J connectivity index is 1.98. The Morgan fingerprint density at radius 1 is 1.14 bits per heavy atom. The van der Waals surface area contributed by atoms with Crippen molar-refractivity contribution in [3.8, 4) is 11.5 Å². The van der Waals surface area contributed by atoms with Crippen molar-refractivity contribution in [2.24, 2.45) is 0 Å². The Hall–Kier alpha value is -1.55. The van der Waals surface area contributed by atoms with Crippen LogP contribution in [0.2, 0.25) is 5.02 Å². The molecular weight excluding hydrogens is 286 g/mol. The first-order valence-electron chi connectivity index (χ1n) is 6.91. The quantitative estimate of drug-likeness (QED) is 0.779. The van der Waals surface area contributed by atoms with E-state index >= 15 is 0 Å². The number of rotatable bonds is 7. The van der Waals surface area contributed by atoms with Crippen molar-refractivity contribution in [2.45, 2.75) is 13.5 Å². The second kappa shape index (κ2) is 8.03. The molecule has 0 aliphatic rings. The van der Waals surface area contributed by atoms with E-state index in [0.29, 0.717) is 5.02 Å². The lowest BCUT2D eigenvalue weighted by atomic mass is 10.1. The summed E-state index contributed by atoms with van der Waals surface area (Å²) in [6, 6.07) is 13.6. The van der Waals surface area contributed by atoms with Crippen LogP contribution in [-0.2, 0) is 11.3 Å². The molecule has 0 aliphatic heterocycles. The molecule has 4 heteroatoms. The van der Waals surface area contributed by atoms with Gasteiger partial charge in [-0.1, -0.05) is 29.8 Å². The summed E-state index contributed by atoms with van der Waals surface area (Å²) in [6.07, 6.45) is 0. The van der Waals surface area contributed by atoms with E-state index in [1.807, 2.05) is 31.2 Å². The number of benzene rings is 2. The molecule has 0 aromatic heterocycles. The molecule has 0 radical (unpaired) electrons. The number of halogens is 1. The Kier molecular flexibility index (Phi) is 6.05. The molecule has 21 heavy (non-hydrogen) atoms. The highest BCUT2D eigenvalue weighted by molar-refractivity contribution is 6.30. The second-order valence-corrected chi connectivity index (χ2v) is 5.27. The van der Waals surface area contributed by atoms with Gasteiger partial charge >= 0.3 is 0 Å². The van der Waals surface area contributed by atoms with Gasteiger partial charge in [0, 0.05) is 25.2 Å². The first-order chi connectivity index (χ1) is 10.2. The Morgan fingerprint density at radius 2 is 2.00 bits per heavy atom. The number of ether oxygens (including phenoxy) is 2. The third kappa shape index (κ3) is 5.05. The summed E-state index contributed by atoms with van der Waals surface area (Å²) >= 11 is 5.96. The molecule has 2 aromatic rings. The van der Waals surface area contributed by atoms with Crippen LogP contribution >= 0.6 is 11.6 Å². The summed E-state index contributed by atoms with van der Waals surface area (Å²) in [5.74, 6) is 1.59. The summed E-state index contributed by atoms with van der Waals surface area (Å²) in [6.45, 7) is 4.42. The normalized spacial score (nSPS) is 10.6. The van der Waals surface area contributed by atoms with Gasteiger partial charge in [0.1, 0.15) is 11.5 Å². The van der Waals surface area contributed by atoms with Crippen LogP contribution in [0.1, 0.15) is 11.1 Å². The van der Waals surface area contributed by atoms with E-state index < -0.39 is 0 Å². The van der Waals surface area contributed by atoms with Gasteiger partial charge in [0.15, 0.2) is 0 Å². The average Bonchev–Trinajstić information content (AvgIpc) is 2.46. The number of aryl methyl sites for hydroxylation is 1. The lowest BCUT2D eigenvalue weighted by molar-refractivity contribution is 0.199. The maximum atomic E-state index is 5.96. The largest absolute Gasteiger partial charge is 0.457 e. The fourth-order valence-electron chi connectivity index (χ4n) is 2.00. The van der Waals surface area contributed by atoms with Crippen LogP contribution < -0.4 is 10.1 Å². The summed E-state index contributed by atoms with van der Waals surface area (Å²) in [5.41, 5.74) is 2.32. The first kappa shape index (κ1) is 15.8. The molecule has 1 N–H and O–H groups in total. The number of methoxy groups -OCH3 is 1. The molecule has 0 fully saturated rings. The molecular formula is C17H20ClNO2. The third-order valence-electron chi connectivity index (χ3n) is 3.08. The monoisotopic (exact) mass is 305 g/mol. The predicted octanol–water partition coefficient (Wildman–Crippen LogP) is 4.18. The molecule has 0 unspecified atom stereocenters. The number of hydrogen-bond donors (Lipinski definition) is 1. The highest BCUT2D eigenvalue weighted by Gasteiger charge is 2.03. The van der Waals surface area contributed by atoms with Crippen molar-refractivity contribution in [3.63, 3.8) is 0 Å². The number of hydrogen-bond acceptors (Lipinski definition) is 3. The van der Waals surface area contributed by atoms with E-state index in [-0.39, 0.29) is 0 Å². The molecule has 112 valence electrons. The van der Waals surface area contributed by atoms with Crippen molar-refractivity contribution in [1.29, 1.82) is 0 Å². The van der Waals surface area contributed by atoms with Gasteiger partial charge in [0.05, 0.1) is 6.61 Å². The van der Waals surface area contributed by atoms with Crippen molar-refractivity contribution in [3.05, 3.63) is 58.6 Å². The van der Waals surface area contributed by atoms with Gasteiger partial charge in [-0.05, 0) is 42.3 Å². The fourth-order valence-corrected chi connectivity index (χ4v) is 2.18. The third-order valence-corrected chi connectivity index (χ3v) is 3.31. The molecule has 0 bridgehead atoms. The molecule has 0 atom stereocenters. The lowest BCUT2D eigenvalue weighted by Gasteiger charge is -2.11. The molecule has 0 saturated carbocycles. The molecule has 0 aliphatic carbocycles. The molecule has 0 heterocycles. The van der Waals surface area contributed by atoms with Gasteiger partial charge < -0.3 is 14.8 Å². The SMILES string of the molecule is COCCNCc1ccc(Oc2cccc(Cl)c2)c(C)c1. The zero-order chi connectivity index (χ0) is 15.1. The smallest absolute Gasteiger partial charge is 0.130 e. The zero-order valence-electron chi connectivity index (χ0n) is 12.4. The Morgan fingerprint density at radius 3 is 2.71 bits per heavy atom. The van der Waals surface area contributed by atoms with E-state index in [1.165, 1.54) is 5.56 Å². The minimum Gasteiger partial charge on any atom is -0.457 e. The summed E-state index contributed by atoms with van der Waals surface area (Å²) in [5, 5.41) is 3.99. The second-order valence-electron chi connectivity index (χ2n) is 4.83. The van der Waals surface area contributed by atoms with Gasteiger partial charge in [-0.25, -0.2) is 0 Å². The average molecular weight is 306 g/mol.